The minimum Gasteiger partial charge on any atom is -0.756 e. The molecule has 0 atom stereocenters. The summed E-state index contributed by atoms with van der Waals surface area (Å²) < 4.78 is 43.5. The van der Waals surface area contributed by atoms with E-state index in [9.17, 15) is 18.9 Å². The molecule has 0 amide bonds. The maximum Gasteiger partial charge on any atom is 2.00 e. The summed E-state index contributed by atoms with van der Waals surface area (Å²) in [5.74, 6) is 0. The Bertz CT molecular complexity index is 795. The number of phosphoric acid groups is 2. The summed E-state index contributed by atoms with van der Waals surface area (Å²) >= 11 is 0. The minimum atomic E-state index is -4.10. The molecule has 0 rings (SSSR count). The van der Waals surface area contributed by atoms with Gasteiger partial charge in [-0.2, -0.15) is 0 Å². The number of unbranched alkanes of at least 4 members (excludes halogenated alkanes) is 40. The van der Waals surface area contributed by atoms with Gasteiger partial charge in [0.25, 0.3) is 15.6 Å². The third-order valence-electron chi connectivity index (χ3n) is 12.0. The molecule has 0 aromatic heterocycles. The Morgan fingerprint density at radius 3 is 0.476 bits per heavy atom. The van der Waals surface area contributed by atoms with E-state index in [1.807, 2.05) is 0 Å². The molecule has 0 unspecified atom stereocenters. The van der Waals surface area contributed by atoms with E-state index in [0.29, 0.717) is 0 Å². The second-order valence-corrected chi connectivity index (χ2v) is 21.2. The van der Waals surface area contributed by atoms with Gasteiger partial charge >= 0.3 is 23.1 Å². The van der Waals surface area contributed by atoms with Gasteiger partial charge in [-0.3, -0.25) is 9.13 Å². The van der Waals surface area contributed by atoms with Crippen LogP contribution in [0.25, 0.3) is 0 Å². The summed E-state index contributed by atoms with van der Waals surface area (Å²) in [5, 5.41) is 0. The van der Waals surface area contributed by atoms with Crippen molar-refractivity contribution in [1.82, 2.24) is 0 Å². The molecule has 0 saturated heterocycles. The van der Waals surface area contributed by atoms with Crippen molar-refractivity contribution in [3.05, 3.63) is 0 Å². The molecule has 376 valence electrons. The molecule has 0 spiro atoms. The number of rotatable bonds is 52. The zero-order chi connectivity index (χ0) is 45.8. The predicted octanol–water partition coefficient (Wildman–Crippen LogP) is 17.8. The van der Waals surface area contributed by atoms with E-state index in [1.165, 1.54) is 231 Å². The van der Waals surface area contributed by atoms with Crippen molar-refractivity contribution in [2.45, 2.75) is 310 Å². The fourth-order valence-corrected chi connectivity index (χ4v) is 9.40. The largest absolute Gasteiger partial charge is 2.00 e. The monoisotopic (exact) mass is 947 g/mol. The summed E-state index contributed by atoms with van der Waals surface area (Å²) in [4.78, 5) is 23.6. The fourth-order valence-electron chi connectivity index (χ4n) is 7.85. The molecule has 8 nitrogen and oxygen atoms in total. The molecule has 63 heavy (non-hydrogen) atoms. The Hall–Kier alpha value is 0.986. The van der Waals surface area contributed by atoms with E-state index in [1.54, 1.807) is 0 Å². The van der Waals surface area contributed by atoms with E-state index in [4.69, 9.17) is 18.1 Å². The zero-order valence-corrected chi connectivity index (χ0v) is 46.0. The van der Waals surface area contributed by atoms with Crippen LogP contribution in [-0.4, -0.2) is 49.5 Å². The van der Waals surface area contributed by atoms with Crippen molar-refractivity contribution in [3.8, 4) is 0 Å². The van der Waals surface area contributed by atoms with Gasteiger partial charge in [-0.15, -0.1) is 0 Å². The second kappa shape index (κ2) is 57.3. The second-order valence-electron chi connectivity index (χ2n) is 18.4. The Labute approximate surface area is 410 Å². The van der Waals surface area contributed by atoms with Crippen LogP contribution in [0.1, 0.15) is 310 Å². The molecular formula is C52H108MgO8P2. The molecule has 0 aromatic carbocycles. The molecule has 0 aromatic rings. The Morgan fingerprint density at radius 1 is 0.238 bits per heavy atom. The average Bonchev–Trinajstić information content (AvgIpc) is 3.25. The molecule has 0 bridgehead atoms. The fraction of sp³-hybridized carbons (Fsp3) is 1.00. The van der Waals surface area contributed by atoms with Gasteiger partial charge in [-0.25, -0.2) is 0 Å². The van der Waals surface area contributed by atoms with E-state index >= 15 is 0 Å². The molecule has 0 radical (unpaired) electrons. The summed E-state index contributed by atoms with van der Waals surface area (Å²) in [7, 11) is -8.20. The van der Waals surface area contributed by atoms with Crippen LogP contribution in [0.5, 0.6) is 0 Å². The summed E-state index contributed by atoms with van der Waals surface area (Å²) in [6, 6.07) is 0. The first-order valence-corrected chi connectivity index (χ1v) is 30.4. The van der Waals surface area contributed by atoms with Crippen molar-refractivity contribution in [3.63, 3.8) is 0 Å². The van der Waals surface area contributed by atoms with Gasteiger partial charge in [-0.05, 0) is 25.7 Å². The van der Waals surface area contributed by atoms with Crippen molar-refractivity contribution in [2.75, 3.05) is 26.4 Å². The van der Waals surface area contributed by atoms with E-state index in [2.05, 4.69) is 27.7 Å². The molecule has 0 aliphatic rings. The van der Waals surface area contributed by atoms with Crippen LogP contribution in [0.4, 0.5) is 0 Å². The van der Waals surface area contributed by atoms with E-state index in [-0.39, 0.29) is 49.5 Å². The zero-order valence-electron chi connectivity index (χ0n) is 42.8. The van der Waals surface area contributed by atoms with E-state index < -0.39 is 15.6 Å². The molecular weight excluding hydrogens is 839 g/mol. The first-order chi connectivity index (χ1) is 30.2. The molecule has 0 N–H and O–H groups in total. The number of phosphoric ester groups is 2. The van der Waals surface area contributed by atoms with Crippen molar-refractivity contribution >= 4 is 38.7 Å². The van der Waals surface area contributed by atoms with Gasteiger partial charge in [0.2, 0.25) is 0 Å². The Balaban J connectivity index is -0.00000112. The first kappa shape index (κ1) is 68.3. The summed E-state index contributed by atoms with van der Waals surface area (Å²) in [5.41, 5.74) is 0. The topological polar surface area (TPSA) is 117 Å². The van der Waals surface area contributed by atoms with Crippen molar-refractivity contribution in [2.24, 2.45) is 0 Å². The third kappa shape index (κ3) is 63.0. The van der Waals surface area contributed by atoms with Crippen LogP contribution in [0.2, 0.25) is 0 Å². The van der Waals surface area contributed by atoms with Gasteiger partial charge in [0.1, 0.15) is 0 Å². The van der Waals surface area contributed by atoms with Crippen LogP contribution in [0.15, 0.2) is 0 Å². The van der Waals surface area contributed by atoms with Crippen LogP contribution < -0.4 is 9.79 Å². The summed E-state index contributed by atoms with van der Waals surface area (Å²) in [6.45, 7) is 10.0. The van der Waals surface area contributed by atoms with E-state index in [0.717, 1.165) is 51.4 Å². The van der Waals surface area contributed by atoms with Crippen LogP contribution in [-0.2, 0) is 27.2 Å². The van der Waals surface area contributed by atoms with Gasteiger partial charge < -0.3 is 27.9 Å². The minimum absolute atomic E-state index is 0. The third-order valence-corrected chi connectivity index (χ3v) is 14.0. The molecule has 0 fully saturated rings. The smallest absolute Gasteiger partial charge is 0.756 e. The molecule has 0 heterocycles. The first-order valence-electron chi connectivity index (χ1n) is 27.4. The van der Waals surface area contributed by atoms with Crippen LogP contribution in [0, 0.1) is 0 Å². The van der Waals surface area contributed by atoms with Crippen LogP contribution in [0.3, 0.4) is 0 Å². The Kier molecular flexibility index (Phi) is 62.1. The molecule has 0 aliphatic carbocycles. The quantitative estimate of drug-likeness (QED) is 0.0336. The van der Waals surface area contributed by atoms with Gasteiger partial charge in [0.05, 0.1) is 26.4 Å². The van der Waals surface area contributed by atoms with Gasteiger partial charge in [-0.1, -0.05) is 285 Å². The predicted molar refractivity (Wildman–Crippen MR) is 271 cm³/mol. The maximum absolute atomic E-state index is 11.8. The molecule has 11 heteroatoms. The van der Waals surface area contributed by atoms with Crippen molar-refractivity contribution < 1.29 is 37.0 Å². The standard InChI is InChI=1S/2C26H55O4P.Mg/c2*1-3-5-7-9-11-13-15-17-19-21-23-25-29-31(27,28)30-26-24-22-20-18-16-14-12-10-8-6-4-2;/h2*3-26H2,1-2H3,(H,27,28);/q;;+2/p-2. The van der Waals surface area contributed by atoms with Gasteiger partial charge in [0, 0.05) is 0 Å². The SMILES string of the molecule is CCCCCCCCCCCCCOP(=O)([O-])OCCCCCCCCCCCCC.CCCCCCCCCCCCCOP(=O)([O-])OCCCCCCCCCCCCC.[Mg+2]. The maximum atomic E-state index is 11.8. The van der Waals surface area contributed by atoms with Crippen molar-refractivity contribution in [1.29, 1.82) is 0 Å². The number of hydrogen-bond acceptors (Lipinski definition) is 8. The normalized spacial score (nSPS) is 11.8. The summed E-state index contributed by atoms with van der Waals surface area (Å²) in [6.07, 6.45) is 54.7. The van der Waals surface area contributed by atoms with Gasteiger partial charge in [0.15, 0.2) is 0 Å². The number of hydrogen-bond donors (Lipinski definition) is 0. The molecule has 0 saturated carbocycles. The van der Waals surface area contributed by atoms with Crippen LogP contribution >= 0.6 is 15.6 Å². The average molecular weight is 948 g/mol. The Morgan fingerprint density at radius 2 is 0.349 bits per heavy atom. The molecule has 0 aliphatic heterocycles.